The molecule has 2 aromatic carbocycles. The summed E-state index contributed by atoms with van der Waals surface area (Å²) in [5.74, 6) is 0. The fourth-order valence-corrected chi connectivity index (χ4v) is 6.05. The molecule has 0 radical (unpaired) electrons. The Balaban J connectivity index is 1.71. The quantitative estimate of drug-likeness (QED) is 0.455. The maximum absolute atomic E-state index is 13.6. The lowest BCUT2D eigenvalue weighted by Gasteiger charge is -2.11. The van der Waals surface area contributed by atoms with Gasteiger partial charge in [0.05, 0.1) is 16.9 Å². The predicted octanol–water partition coefficient (Wildman–Crippen LogP) is 2.92. The van der Waals surface area contributed by atoms with Crippen molar-refractivity contribution in [3.63, 3.8) is 0 Å². The monoisotopic (exact) mass is 444 g/mol. The van der Waals surface area contributed by atoms with Crippen molar-refractivity contribution in [1.29, 1.82) is 0 Å². The van der Waals surface area contributed by atoms with Gasteiger partial charge in [0.1, 0.15) is 16.6 Å². The first-order valence-electron chi connectivity index (χ1n) is 10.1. The number of hydrogen-bond donors (Lipinski definition) is 0. The number of nitrogens with zero attached hydrogens (tertiary/aromatic N) is 3. The van der Waals surface area contributed by atoms with Crippen molar-refractivity contribution >= 4 is 39.9 Å². The Bertz CT molecular complexity index is 1420. The molecule has 0 fully saturated rings. The SMILES string of the molecule is CN1/C(=c2\s/c(=C/c3cc[n+](C)cc3)n(Cc3ccccc3)c2=O)Sc2ccccc21. The van der Waals surface area contributed by atoms with Crippen molar-refractivity contribution in [1.82, 2.24) is 4.57 Å². The Kier molecular flexibility index (Phi) is 5.26. The van der Waals surface area contributed by atoms with E-state index in [1.165, 1.54) is 4.90 Å². The van der Waals surface area contributed by atoms with Gasteiger partial charge >= 0.3 is 0 Å². The molecule has 31 heavy (non-hydrogen) atoms. The molecule has 1 aliphatic rings. The Hall–Kier alpha value is -3.09. The first kappa shape index (κ1) is 19.8. The van der Waals surface area contributed by atoms with Gasteiger partial charge in [0.25, 0.3) is 5.56 Å². The van der Waals surface area contributed by atoms with E-state index in [1.807, 2.05) is 66.0 Å². The van der Waals surface area contributed by atoms with E-state index >= 15 is 0 Å². The van der Waals surface area contributed by atoms with Crippen LogP contribution in [0.2, 0.25) is 0 Å². The maximum Gasteiger partial charge on any atom is 0.272 e. The standard InChI is InChI=1S/C25H22N3OS2/c1-26-14-12-18(13-15-26)16-22-28(17-19-8-4-3-5-9-19)24(29)23(31-22)25-27(2)20-10-6-7-11-21(20)30-25/h3-16H,17H2,1-2H3/q+1/b25-23+. The van der Waals surface area contributed by atoms with Crippen molar-refractivity contribution in [2.24, 2.45) is 7.05 Å². The average molecular weight is 445 g/mol. The lowest BCUT2D eigenvalue weighted by molar-refractivity contribution is -0.671. The molecule has 6 heteroatoms. The number of aromatic nitrogens is 2. The molecule has 3 heterocycles. The third-order valence-corrected chi connectivity index (χ3v) is 7.81. The van der Waals surface area contributed by atoms with Crippen molar-refractivity contribution in [2.45, 2.75) is 11.4 Å². The zero-order chi connectivity index (χ0) is 21.4. The second-order valence-electron chi connectivity index (χ2n) is 7.52. The Morgan fingerprint density at radius 1 is 0.968 bits per heavy atom. The topological polar surface area (TPSA) is 29.1 Å². The van der Waals surface area contributed by atoms with Crippen LogP contribution in [0.4, 0.5) is 5.69 Å². The molecule has 0 spiro atoms. The van der Waals surface area contributed by atoms with Crippen LogP contribution >= 0.6 is 23.1 Å². The first-order valence-corrected chi connectivity index (χ1v) is 11.7. The van der Waals surface area contributed by atoms with Gasteiger partial charge in [-0.1, -0.05) is 54.2 Å². The van der Waals surface area contributed by atoms with Crippen LogP contribution in [0.3, 0.4) is 0 Å². The van der Waals surface area contributed by atoms with Crippen LogP contribution in [0.15, 0.2) is 88.8 Å². The highest BCUT2D eigenvalue weighted by Gasteiger charge is 2.24. The van der Waals surface area contributed by atoms with Gasteiger partial charge in [0.15, 0.2) is 12.4 Å². The molecule has 0 bridgehead atoms. The molecule has 154 valence electrons. The van der Waals surface area contributed by atoms with Crippen LogP contribution in [0.25, 0.3) is 11.1 Å². The van der Waals surface area contributed by atoms with Gasteiger partial charge in [-0.2, -0.15) is 0 Å². The van der Waals surface area contributed by atoms with Crippen molar-refractivity contribution in [3.8, 4) is 0 Å². The summed E-state index contributed by atoms with van der Waals surface area (Å²) in [6.45, 7) is 0.553. The first-order chi connectivity index (χ1) is 15.1. The number of para-hydroxylation sites is 1. The molecule has 2 aromatic heterocycles. The number of aryl methyl sites for hydroxylation is 1. The van der Waals surface area contributed by atoms with Gasteiger partial charge in [-0.25, -0.2) is 4.57 Å². The molecule has 4 aromatic rings. The summed E-state index contributed by atoms with van der Waals surface area (Å²) in [5, 5.41) is 0.997. The fraction of sp³-hybridized carbons (Fsp3) is 0.120. The highest BCUT2D eigenvalue weighted by molar-refractivity contribution is 8.08. The number of benzene rings is 2. The predicted molar refractivity (Wildman–Crippen MR) is 129 cm³/mol. The van der Waals surface area contributed by atoms with E-state index in [9.17, 15) is 4.79 Å². The lowest BCUT2D eigenvalue weighted by atomic mass is 10.2. The van der Waals surface area contributed by atoms with Gasteiger partial charge in [-0.3, -0.25) is 9.36 Å². The summed E-state index contributed by atoms with van der Waals surface area (Å²) in [4.78, 5) is 16.9. The van der Waals surface area contributed by atoms with E-state index in [4.69, 9.17) is 0 Å². The number of thioether (sulfide) groups is 1. The number of hydrogen-bond acceptors (Lipinski definition) is 4. The Morgan fingerprint density at radius 3 is 2.42 bits per heavy atom. The number of pyridine rings is 1. The van der Waals surface area contributed by atoms with Gasteiger partial charge < -0.3 is 4.90 Å². The van der Waals surface area contributed by atoms with E-state index in [1.54, 1.807) is 23.1 Å². The van der Waals surface area contributed by atoms with Crippen molar-refractivity contribution in [3.05, 3.63) is 110 Å². The Morgan fingerprint density at radius 2 is 1.68 bits per heavy atom. The highest BCUT2D eigenvalue weighted by atomic mass is 32.2. The van der Waals surface area contributed by atoms with Crippen LogP contribution in [-0.4, -0.2) is 11.6 Å². The molecule has 1 aliphatic heterocycles. The summed E-state index contributed by atoms with van der Waals surface area (Å²) < 4.78 is 5.64. The molecular formula is C25H22N3OS2+. The van der Waals surface area contributed by atoms with E-state index in [-0.39, 0.29) is 5.56 Å². The zero-order valence-corrected chi connectivity index (χ0v) is 19.0. The molecule has 0 N–H and O–H groups in total. The van der Waals surface area contributed by atoms with E-state index in [0.717, 1.165) is 31.0 Å². The van der Waals surface area contributed by atoms with E-state index < -0.39 is 0 Å². The smallest absolute Gasteiger partial charge is 0.272 e. The van der Waals surface area contributed by atoms with Gasteiger partial charge in [-0.05, 0) is 29.3 Å². The molecule has 0 unspecified atom stereocenters. The number of thiazole rings is 1. The summed E-state index contributed by atoms with van der Waals surface area (Å²) in [6, 6.07) is 22.6. The molecule has 0 saturated carbocycles. The number of rotatable bonds is 3. The average Bonchev–Trinajstić information content (AvgIpc) is 3.28. The minimum absolute atomic E-state index is 0.0590. The van der Waals surface area contributed by atoms with Crippen LogP contribution in [-0.2, 0) is 13.6 Å². The van der Waals surface area contributed by atoms with Crippen LogP contribution in [0.5, 0.6) is 0 Å². The van der Waals surface area contributed by atoms with Crippen molar-refractivity contribution < 1.29 is 4.57 Å². The minimum Gasteiger partial charge on any atom is -0.337 e. The lowest BCUT2D eigenvalue weighted by Crippen LogP contribution is -2.34. The normalized spacial score (nSPS) is 15.4. The van der Waals surface area contributed by atoms with Gasteiger partial charge in [-0.15, -0.1) is 11.3 Å². The minimum atomic E-state index is 0.0590. The maximum atomic E-state index is 13.6. The van der Waals surface area contributed by atoms with Crippen LogP contribution in [0.1, 0.15) is 11.1 Å². The summed E-state index contributed by atoms with van der Waals surface area (Å²) >= 11 is 3.24. The molecule has 0 aliphatic carbocycles. The van der Waals surface area contributed by atoms with Gasteiger partial charge in [0, 0.05) is 24.1 Å². The fourth-order valence-electron chi connectivity index (χ4n) is 3.64. The molecule has 4 nitrogen and oxygen atoms in total. The third kappa shape index (κ3) is 3.84. The van der Waals surface area contributed by atoms with Gasteiger partial charge in [0.2, 0.25) is 0 Å². The molecular weight excluding hydrogens is 422 g/mol. The molecule has 0 saturated heterocycles. The van der Waals surface area contributed by atoms with Crippen LogP contribution < -0.4 is 24.2 Å². The highest BCUT2D eigenvalue weighted by Crippen LogP contribution is 2.44. The zero-order valence-electron chi connectivity index (χ0n) is 17.4. The van der Waals surface area contributed by atoms with Crippen LogP contribution in [0, 0.1) is 0 Å². The molecule has 5 rings (SSSR count). The number of anilines is 1. The van der Waals surface area contributed by atoms with E-state index in [0.29, 0.717) is 6.54 Å². The third-order valence-electron chi connectivity index (χ3n) is 5.32. The van der Waals surface area contributed by atoms with E-state index in [2.05, 4.69) is 47.4 Å². The summed E-state index contributed by atoms with van der Waals surface area (Å²) in [7, 11) is 4.04. The molecule has 0 atom stereocenters. The summed E-state index contributed by atoms with van der Waals surface area (Å²) in [6.07, 6.45) is 6.14. The Labute approximate surface area is 189 Å². The largest absolute Gasteiger partial charge is 0.337 e. The second-order valence-corrected chi connectivity index (χ2v) is 9.58. The van der Waals surface area contributed by atoms with Crippen molar-refractivity contribution in [2.75, 3.05) is 11.9 Å². The second kappa shape index (κ2) is 8.21. The molecule has 0 amide bonds. The number of fused-ring (bicyclic) bond motifs is 1. The summed E-state index contributed by atoms with van der Waals surface area (Å²) in [5.41, 5.74) is 3.40.